The molecule has 1 saturated carbocycles. The fourth-order valence-electron chi connectivity index (χ4n) is 3.70. The van der Waals surface area contributed by atoms with Gasteiger partial charge in [-0.1, -0.05) is 42.8 Å². The molecular formula is C23H23ClF3NO3. The normalized spacial score (nSPS) is 17.0. The maximum Gasteiger partial charge on any atom is 0.392 e. The predicted molar refractivity (Wildman–Crippen MR) is 112 cm³/mol. The standard InChI is InChI=1S/C23H23ClF3NO3/c1-13-10-16(6-7-18(13)24)19(14(2)23(25,26)27)20(29)28-17-5-3-4-15(11-17)12-22(8-9-22)21(30)31/h3-7,10-11,14,19H,8-9,12H2,1-2H3,(H,28,29)(H,30,31). The highest BCUT2D eigenvalue weighted by Crippen LogP contribution is 2.48. The molecule has 0 bridgehead atoms. The Labute approximate surface area is 183 Å². The molecule has 0 aromatic heterocycles. The van der Waals surface area contributed by atoms with Gasteiger partial charge >= 0.3 is 12.1 Å². The Bertz CT molecular complexity index is 1000. The number of carboxylic acid groups (broad SMARTS) is 1. The van der Waals surface area contributed by atoms with E-state index in [2.05, 4.69) is 5.32 Å². The van der Waals surface area contributed by atoms with Gasteiger partial charge in [0.05, 0.1) is 17.3 Å². The SMILES string of the molecule is Cc1cc(C(C(=O)Nc2cccc(CC3(C(=O)O)CC3)c2)C(C)C(F)(F)F)ccc1Cl. The highest BCUT2D eigenvalue weighted by Gasteiger charge is 2.50. The van der Waals surface area contributed by atoms with Crippen LogP contribution in [0.1, 0.15) is 42.4 Å². The first kappa shape index (κ1) is 23.1. The highest BCUT2D eigenvalue weighted by atomic mass is 35.5. The Hall–Kier alpha value is -2.54. The molecule has 0 heterocycles. The van der Waals surface area contributed by atoms with Crippen LogP contribution in [0.15, 0.2) is 42.5 Å². The van der Waals surface area contributed by atoms with Crippen molar-refractivity contribution in [2.45, 2.75) is 45.2 Å². The largest absolute Gasteiger partial charge is 0.481 e. The molecule has 0 saturated heterocycles. The Morgan fingerprint density at radius 1 is 1.19 bits per heavy atom. The van der Waals surface area contributed by atoms with Gasteiger partial charge in [-0.2, -0.15) is 13.2 Å². The molecule has 1 aliphatic rings. The molecule has 0 radical (unpaired) electrons. The van der Waals surface area contributed by atoms with E-state index < -0.39 is 35.3 Å². The lowest BCUT2D eigenvalue weighted by Gasteiger charge is -2.26. The van der Waals surface area contributed by atoms with E-state index in [9.17, 15) is 27.9 Å². The van der Waals surface area contributed by atoms with Gasteiger partial charge in [-0.3, -0.25) is 9.59 Å². The maximum atomic E-state index is 13.5. The van der Waals surface area contributed by atoms with Gasteiger partial charge in [-0.25, -0.2) is 0 Å². The van der Waals surface area contributed by atoms with Crippen molar-refractivity contribution in [2.75, 3.05) is 5.32 Å². The van der Waals surface area contributed by atoms with Crippen LogP contribution in [-0.4, -0.2) is 23.2 Å². The summed E-state index contributed by atoms with van der Waals surface area (Å²) in [4.78, 5) is 24.4. The number of hydrogen-bond acceptors (Lipinski definition) is 2. The van der Waals surface area contributed by atoms with Gasteiger partial charge < -0.3 is 10.4 Å². The summed E-state index contributed by atoms with van der Waals surface area (Å²) in [7, 11) is 0. The number of anilines is 1. The van der Waals surface area contributed by atoms with Crippen LogP contribution in [0.2, 0.25) is 5.02 Å². The Kier molecular flexibility index (Phi) is 6.37. The Morgan fingerprint density at radius 2 is 1.87 bits per heavy atom. The first-order chi connectivity index (χ1) is 14.4. The van der Waals surface area contributed by atoms with Gasteiger partial charge in [0, 0.05) is 10.7 Å². The van der Waals surface area contributed by atoms with Gasteiger partial charge in [-0.05, 0) is 61.1 Å². The first-order valence-electron chi connectivity index (χ1n) is 9.89. The summed E-state index contributed by atoms with van der Waals surface area (Å²) >= 11 is 6.00. The van der Waals surface area contributed by atoms with Crippen molar-refractivity contribution >= 4 is 29.2 Å². The number of carbonyl (C=O) groups is 2. The zero-order valence-corrected chi connectivity index (χ0v) is 17.8. The smallest absolute Gasteiger partial charge is 0.392 e. The number of carbonyl (C=O) groups excluding carboxylic acids is 1. The van der Waals surface area contributed by atoms with Crippen molar-refractivity contribution in [3.63, 3.8) is 0 Å². The Balaban J connectivity index is 1.86. The van der Waals surface area contributed by atoms with Crippen molar-refractivity contribution in [2.24, 2.45) is 11.3 Å². The zero-order chi connectivity index (χ0) is 23.0. The molecule has 1 fully saturated rings. The molecule has 1 aliphatic carbocycles. The van der Waals surface area contributed by atoms with Gasteiger partial charge in [0.15, 0.2) is 0 Å². The zero-order valence-electron chi connectivity index (χ0n) is 17.1. The second-order valence-corrected chi connectivity index (χ2v) is 8.68. The summed E-state index contributed by atoms with van der Waals surface area (Å²) in [6.45, 7) is 2.65. The van der Waals surface area contributed by atoms with Crippen LogP contribution in [0.5, 0.6) is 0 Å². The van der Waals surface area contributed by atoms with Crippen LogP contribution in [0.4, 0.5) is 18.9 Å². The molecule has 2 atom stereocenters. The van der Waals surface area contributed by atoms with Gasteiger partial charge in [-0.15, -0.1) is 0 Å². The summed E-state index contributed by atoms with van der Waals surface area (Å²) in [6, 6.07) is 11.0. The second-order valence-electron chi connectivity index (χ2n) is 8.27. The summed E-state index contributed by atoms with van der Waals surface area (Å²) in [5.74, 6) is -5.03. The van der Waals surface area contributed by atoms with Crippen LogP contribution >= 0.6 is 11.6 Å². The third kappa shape index (κ3) is 5.21. The average molecular weight is 454 g/mol. The van der Waals surface area contributed by atoms with Crippen molar-refractivity contribution in [1.29, 1.82) is 0 Å². The number of amides is 1. The number of carboxylic acids is 1. The van der Waals surface area contributed by atoms with Crippen LogP contribution in [0.3, 0.4) is 0 Å². The van der Waals surface area contributed by atoms with E-state index in [1.165, 1.54) is 18.2 Å². The Morgan fingerprint density at radius 3 is 2.42 bits per heavy atom. The van der Waals surface area contributed by atoms with Crippen LogP contribution in [-0.2, 0) is 16.0 Å². The molecule has 4 nitrogen and oxygen atoms in total. The van der Waals surface area contributed by atoms with Gasteiger partial charge in [0.25, 0.3) is 0 Å². The molecule has 31 heavy (non-hydrogen) atoms. The predicted octanol–water partition coefficient (Wildman–Crippen LogP) is 5.98. The van der Waals surface area contributed by atoms with Crippen LogP contribution in [0, 0.1) is 18.3 Å². The molecule has 166 valence electrons. The van der Waals surface area contributed by atoms with Crippen LogP contribution < -0.4 is 5.32 Å². The number of benzene rings is 2. The van der Waals surface area contributed by atoms with Crippen molar-refractivity contribution in [1.82, 2.24) is 0 Å². The number of nitrogens with one attached hydrogen (secondary N) is 1. The fourth-order valence-corrected chi connectivity index (χ4v) is 3.82. The van der Waals surface area contributed by atoms with E-state index in [1.807, 2.05) is 0 Å². The lowest BCUT2D eigenvalue weighted by Crippen LogP contribution is -2.34. The molecule has 2 aromatic rings. The maximum absolute atomic E-state index is 13.5. The van der Waals surface area contributed by atoms with Gasteiger partial charge in [0.2, 0.25) is 5.91 Å². The summed E-state index contributed by atoms with van der Waals surface area (Å²) < 4.78 is 40.6. The minimum Gasteiger partial charge on any atom is -0.481 e. The van der Waals surface area contributed by atoms with E-state index in [4.69, 9.17) is 11.6 Å². The third-order valence-corrected chi connectivity index (χ3v) is 6.31. The van der Waals surface area contributed by atoms with E-state index in [1.54, 1.807) is 31.2 Å². The highest BCUT2D eigenvalue weighted by molar-refractivity contribution is 6.31. The minimum absolute atomic E-state index is 0.225. The molecule has 3 rings (SSSR count). The lowest BCUT2D eigenvalue weighted by molar-refractivity contribution is -0.178. The minimum atomic E-state index is -4.57. The van der Waals surface area contributed by atoms with E-state index in [0.29, 0.717) is 41.1 Å². The molecule has 0 aliphatic heterocycles. The number of aliphatic carboxylic acids is 1. The molecule has 1 amide bonds. The number of hydrogen-bond donors (Lipinski definition) is 2. The summed E-state index contributed by atoms with van der Waals surface area (Å²) in [6.07, 6.45) is -3.10. The average Bonchev–Trinajstić information content (AvgIpc) is 3.45. The van der Waals surface area contributed by atoms with Crippen molar-refractivity contribution in [3.8, 4) is 0 Å². The fraction of sp³-hybridized carbons (Fsp3) is 0.391. The summed E-state index contributed by atoms with van der Waals surface area (Å²) in [5.41, 5.74) is 1.06. The van der Waals surface area contributed by atoms with E-state index in [0.717, 1.165) is 6.92 Å². The van der Waals surface area contributed by atoms with Crippen molar-refractivity contribution < 1.29 is 27.9 Å². The monoisotopic (exact) mass is 453 g/mol. The second kappa shape index (κ2) is 8.54. The quantitative estimate of drug-likeness (QED) is 0.542. The molecular weight excluding hydrogens is 431 g/mol. The topological polar surface area (TPSA) is 66.4 Å². The van der Waals surface area contributed by atoms with Crippen LogP contribution in [0.25, 0.3) is 0 Å². The number of rotatable bonds is 7. The van der Waals surface area contributed by atoms with Crippen molar-refractivity contribution in [3.05, 3.63) is 64.2 Å². The van der Waals surface area contributed by atoms with E-state index >= 15 is 0 Å². The number of alkyl halides is 3. The first-order valence-corrected chi connectivity index (χ1v) is 10.3. The summed E-state index contributed by atoms with van der Waals surface area (Å²) in [5, 5.41) is 12.4. The van der Waals surface area contributed by atoms with Gasteiger partial charge in [0.1, 0.15) is 0 Å². The number of halogens is 4. The van der Waals surface area contributed by atoms with E-state index in [-0.39, 0.29) is 5.56 Å². The molecule has 0 spiro atoms. The lowest BCUT2D eigenvalue weighted by atomic mass is 9.85. The number of aryl methyl sites for hydroxylation is 1. The molecule has 2 unspecified atom stereocenters. The molecule has 8 heteroatoms. The third-order valence-electron chi connectivity index (χ3n) is 5.88. The molecule has 2 aromatic carbocycles. The molecule has 2 N–H and O–H groups in total.